The topological polar surface area (TPSA) is 59.0 Å². The van der Waals surface area contributed by atoms with Crippen molar-refractivity contribution >= 4 is 32.5 Å². The first-order valence-electron chi connectivity index (χ1n) is 9.58. The lowest BCUT2D eigenvalue weighted by Gasteiger charge is -2.24. The third-order valence-corrected chi connectivity index (χ3v) is 8.51. The van der Waals surface area contributed by atoms with Gasteiger partial charge in [0.05, 0.1) is 22.9 Å². The monoisotopic (exact) mass is 436 g/mol. The van der Waals surface area contributed by atoms with Crippen LogP contribution in [0.4, 0.5) is 5.69 Å². The molecular formula is C23H20N2O3S2. The highest BCUT2D eigenvalue weighted by Crippen LogP contribution is 2.54. The van der Waals surface area contributed by atoms with Crippen LogP contribution in [-0.2, 0) is 10.0 Å². The van der Waals surface area contributed by atoms with Crippen molar-refractivity contribution in [1.82, 2.24) is 0 Å². The zero-order chi connectivity index (χ0) is 20.9. The van der Waals surface area contributed by atoms with Crippen LogP contribution in [0.2, 0.25) is 0 Å². The zero-order valence-corrected chi connectivity index (χ0v) is 18.2. The maximum absolute atomic E-state index is 13.6. The summed E-state index contributed by atoms with van der Waals surface area (Å²) in [6.45, 7) is 1.94. The quantitative estimate of drug-likeness (QED) is 0.591. The standard InChI is InChI=1S/C23H20N2O3S2/c1-15-7-13-18(14-8-15)30(26,27)25-20-6-4-3-5-19(20)21-22(25)24-23(29-21)16-9-11-17(28-2)12-10-16/h3-14,21-22H,1-2H3/t21-,22+/m0/s1. The maximum atomic E-state index is 13.6. The molecule has 0 bridgehead atoms. The molecule has 5 rings (SSSR count). The van der Waals surface area contributed by atoms with E-state index in [4.69, 9.17) is 9.73 Å². The molecule has 2 atom stereocenters. The number of ether oxygens (including phenoxy) is 1. The number of hydrogen-bond acceptors (Lipinski definition) is 5. The van der Waals surface area contributed by atoms with E-state index in [0.717, 1.165) is 27.5 Å². The molecule has 2 heterocycles. The van der Waals surface area contributed by atoms with Crippen LogP contribution in [-0.4, -0.2) is 26.7 Å². The van der Waals surface area contributed by atoms with Crippen molar-refractivity contribution in [3.8, 4) is 5.75 Å². The second kappa shape index (κ2) is 7.18. The molecule has 30 heavy (non-hydrogen) atoms. The average molecular weight is 437 g/mol. The van der Waals surface area contributed by atoms with Crippen LogP contribution in [0.1, 0.15) is 21.9 Å². The average Bonchev–Trinajstić information content (AvgIpc) is 3.31. The molecule has 0 fully saturated rings. The Bertz CT molecular complexity index is 1240. The van der Waals surface area contributed by atoms with Crippen molar-refractivity contribution in [1.29, 1.82) is 0 Å². The number of aliphatic imine (C=N–C) groups is 1. The number of aryl methyl sites for hydroxylation is 1. The molecule has 0 aliphatic carbocycles. The molecule has 0 radical (unpaired) electrons. The lowest BCUT2D eigenvalue weighted by atomic mass is 10.1. The van der Waals surface area contributed by atoms with E-state index in [1.165, 1.54) is 4.31 Å². The van der Waals surface area contributed by atoms with Gasteiger partial charge in [0.2, 0.25) is 0 Å². The van der Waals surface area contributed by atoms with Crippen molar-refractivity contribution in [2.45, 2.75) is 23.2 Å². The Labute approximate surface area is 180 Å². The maximum Gasteiger partial charge on any atom is 0.266 e. The summed E-state index contributed by atoms with van der Waals surface area (Å²) in [6, 6.07) is 22.3. The second-order valence-electron chi connectivity index (χ2n) is 7.29. The summed E-state index contributed by atoms with van der Waals surface area (Å²) in [5.41, 5.74) is 3.68. The zero-order valence-electron chi connectivity index (χ0n) is 16.5. The molecule has 152 valence electrons. The SMILES string of the molecule is COc1ccc(C2=N[C@H]3[C@@H](S2)c2ccccc2N3S(=O)(=O)c2ccc(C)cc2)cc1. The largest absolute Gasteiger partial charge is 0.497 e. The molecule has 0 aromatic heterocycles. The number of anilines is 1. The van der Waals surface area contributed by atoms with Crippen LogP contribution >= 0.6 is 11.8 Å². The van der Waals surface area contributed by atoms with Gasteiger partial charge in [0.15, 0.2) is 6.17 Å². The van der Waals surface area contributed by atoms with Gasteiger partial charge in [-0.3, -0.25) is 4.99 Å². The number of methoxy groups -OCH3 is 1. The molecule has 2 aliphatic rings. The van der Waals surface area contributed by atoms with Gasteiger partial charge in [-0.15, -0.1) is 0 Å². The fourth-order valence-electron chi connectivity index (χ4n) is 3.84. The molecule has 0 N–H and O–H groups in total. The molecule has 3 aromatic carbocycles. The number of thioether (sulfide) groups is 1. The predicted molar refractivity (Wildman–Crippen MR) is 121 cm³/mol. The van der Waals surface area contributed by atoms with E-state index in [0.29, 0.717) is 5.69 Å². The van der Waals surface area contributed by atoms with Crippen LogP contribution in [0, 0.1) is 6.92 Å². The van der Waals surface area contributed by atoms with Crippen molar-refractivity contribution < 1.29 is 13.2 Å². The third kappa shape index (κ3) is 3.00. The highest BCUT2D eigenvalue weighted by molar-refractivity contribution is 8.15. The molecule has 5 nitrogen and oxygen atoms in total. The molecule has 0 saturated carbocycles. The van der Waals surface area contributed by atoms with Gasteiger partial charge in [-0.05, 0) is 55.0 Å². The first-order chi connectivity index (χ1) is 14.5. The van der Waals surface area contributed by atoms with Crippen molar-refractivity contribution in [2.24, 2.45) is 4.99 Å². The third-order valence-electron chi connectivity index (χ3n) is 5.39. The molecule has 2 aliphatic heterocycles. The lowest BCUT2D eigenvalue weighted by molar-refractivity contribution is 0.415. The van der Waals surface area contributed by atoms with Gasteiger partial charge in [-0.2, -0.15) is 0 Å². The second-order valence-corrected chi connectivity index (χ2v) is 10.2. The summed E-state index contributed by atoms with van der Waals surface area (Å²) in [5, 5.41) is 0.768. The van der Waals surface area contributed by atoms with Crippen LogP contribution < -0.4 is 9.04 Å². The minimum absolute atomic E-state index is 0.0708. The smallest absolute Gasteiger partial charge is 0.266 e. The van der Waals surface area contributed by atoms with E-state index in [-0.39, 0.29) is 10.1 Å². The molecular weight excluding hydrogens is 416 g/mol. The summed E-state index contributed by atoms with van der Waals surface area (Å²) in [6.07, 6.45) is -0.504. The number of sulfonamides is 1. The lowest BCUT2D eigenvalue weighted by Crippen LogP contribution is -2.36. The first-order valence-corrected chi connectivity index (χ1v) is 11.9. The van der Waals surface area contributed by atoms with Gasteiger partial charge in [-0.1, -0.05) is 47.7 Å². The van der Waals surface area contributed by atoms with Crippen molar-refractivity contribution in [2.75, 3.05) is 11.4 Å². The van der Waals surface area contributed by atoms with Gasteiger partial charge in [0, 0.05) is 5.56 Å². The Morgan fingerprint density at radius 2 is 1.67 bits per heavy atom. The normalized spacial score (nSPS) is 19.9. The molecule has 0 unspecified atom stereocenters. The van der Waals surface area contributed by atoms with E-state index in [2.05, 4.69) is 0 Å². The van der Waals surface area contributed by atoms with Crippen molar-refractivity contribution in [3.63, 3.8) is 0 Å². The molecule has 7 heteroatoms. The summed E-state index contributed by atoms with van der Waals surface area (Å²) in [4.78, 5) is 5.15. The number of fused-ring (bicyclic) bond motifs is 3. The molecule has 0 amide bonds. The summed E-state index contributed by atoms with van der Waals surface area (Å²) in [5.74, 6) is 0.775. The number of benzene rings is 3. The number of hydrogen-bond donors (Lipinski definition) is 0. The van der Waals surface area contributed by atoms with Crippen LogP contribution in [0.25, 0.3) is 0 Å². The van der Waals surface area contributed by atoms with E-state index < -0.39 is 16.2 Å². The molecule has 0 saturated heterocycles. The number of nitrogens with zero attached hydrogens (tertiary/aromatic N) is 2. The minimum atomic E-state index is -3.75. The number of rotatable bonds is 4. The Hall–Kier alpha value is -2.77. The predicted octanol–water partition coefficient (Wildman–Crippen LogP) is 4.77. The van der Waals surface area contributed by atoms with Gasteiger partial charge in [0.25, 0.3) is 10.0 Å². The Morgan fingerprint density at radius 1 is 0.967 bits per heavy atom. The highest BCUT2D eigenvalue weighted by Gasteiger charge is 2.48. The van der Waals surface area contributed by atoms with Crippen LogP contribution in [0.3, 0.4) is 0 Å². The highest BCUT2D eigenvalue weighted by atomic mass is 32.2. The first kappa shape index (κ1) is 19.2. The Morgan fingerprint density at radius 3 is 2.37 bits per heavy atom. The van der Waals surface area contributed by atoms with Crippen molar-refractivity contribution in [3.05, 3.63) is 89.5 Å². The van der Waals surface area contributed by atoms with E-state index >= 15 is 0 Å². The number of para-hydroxylation sites is 1. The summed E-state index contributed by atoms with van der Waals surface area (Å²) in [7, 11) is -2.12. The van der Waals surface area contributed by atoms with Gasteiger partial charge >= 0.3 is 0 Å². The van der Waals surface area contributed by atoms with Crippen LogP contribution in [0.5, 0.6) is 5.75 Å². The van der Waals surface area contributed by atoms with Gasteiger partial charge in [0.1, 0.15) is 10.8 Å². The summed E-state index contributed by atoms with van der Waals surface area (Å²) < 4.78 is 33.9. The minimum Gasteiger partial charge on any atom is -0.497 e. The Balaban J connectivity index is 1.59. The Kier molecular flexibility index (Phi) is 4.60. The fraction of sp³-hybridized carbons (Fsp3) is 0.174. The van der Waals surface area contributed by atoms with Crippen LogP contribution in [0.15, 0.2) is 82.7 Å². The van der Waals surface area contributed by atoms with E-state index in [1.54, 1.807) is 31.0 Å². The van der Waals surface area contributed by atoms with E-state index in [9.17, 15) is 8.42 Å². The molecule has 0 spiro atoms. The van der Waals surface area contributed by atoms with E-state index in [1.807, 2.05) is 67.6 Å². The summed E-state index contributed by atoms with van der Waals surface area (Å²) >= 11 is 1.61. The van der Waals surface area contributed by atoms with Gasteiger partial charge in [-0.25, -0.2) is 12.7 Å². The fourth-order valence-corrected chi connectivity index (χ4v) is 6.82. The molecule has 3 aromatic rings. The van der Waals surface area contributed by atoms with Gasteiger partial charge < -0.3 is 4.74 Å².